The maximum Gasteiger partial charge on any atom is 0.230 e. The Bertz CT molecular complexity index is 688. The number of aromatic nitrogens is 1. The third-order valence-electron chi connectivity index (χ3n) is 4.98. The van der Waals surface area contributed by atoms with Crippen molar-refractivity contribution in [3.63, 3.8) is 0 Å². The second kappa shape index (κ2) is 7.35. The molecular formula is C19H24N2OS. The molecule has 1 amide bonds. The minimum absolute atomic E-state index is 0.121. The number of thioether (sulfide) groups is 1. The number of amides is 1. The Hall–Kier alpha value is -1.55. The van der Waals surface area contributed by atoms with E-state index < -0.39 is 0 Å². The maximum atomic E-state index is 12.2. The Morgan fingerprint density at radius 1 is 1.22 bits per heavy atom. The van der Waals surface area contributed by atoms with Gasteiger partial charge in [-0.1, -0.05) is 62.7 Å². The minimum atomic E-state index is 0.121. The van der Waals surface area contributed by atoms with Crippen molar-refractivity contribution in [2.75, 3.05) is 5.75 Å². The van der Waals surface area contributed by atoms with Crippen molar-refractivity contribution in [1.82, 2.24) is 10.3 Å². The molecule has 0 spiro atoms. The number of nitrogens with zero attached hydrogens (tertiary/aromatic N) is 1. The summed E-state index contributed by atoms with van der Waals surface area (Å²) in [4.78, 5) is 16.8. The van der Waals surface area contributed by atoms with Crippen LogP contribution in [0.15, 0.2) is 41.4 Å². The van der Waals surface area contributed by atoms with Crippen molar-refractivity contribution in [2.24, 2.45) is 11.8 Å². The molecule has 1 heterocycles. The molecule has 2 aromatic rings. The van der Waals surface area contributed by atoms with Crippen molar-refractivity contribution >= 4 is 28.6 Å². The normalized spacial score (nSPS) is 24.5. The summed E-state index contributed by atoms with van der Waals surface area (Å²) in [6, 6.07) is 12.4. The Morgan fingerprint density at radius 2 is 2.04 bits per heavy atom. The molecule has 23 heavy (non-hydrogen) atoms. The highest BCUT2D eigenvalue weighted by Gasteiger charge is 2.27. The van der Waals surface area contributed by atoms with Crippen LogP contribution in [0.25, 0.3) is 10.9 Å². The Kier molecular flexibility index (Phi) is 5.21. The largest absolute Gasteiger partial charge is 0.352 e. The molecule has 3 nitrogen and oxygen atoms in total. The van der Waals surface area contributed by atoms with E-state index in [9.17, 15) is 4.79 Å². The van der Waals surface area contributed by atoms with E-state index in [1.54, 1.807) is 0 Å². The summed E-state index contributed by atoms with van der Waals surface area (Å²) in [5.74, 6) is 1.82. The van der Waals surface area contributed by atoms with Crippen molar-refractivity contribution in [2.45, 2.75) is 44.2 Å². The van der Waals surface area contributed by atoms with Gasteiger partial charge in [-0.25, -0.2) is 4.98 Å². The average molecular weight is 328 g/mol. The molecule has 4 heteroatoms. The van der Waals surface area contributed by atoms with Gasteiger partial charge in [0.1, 0.15) is 0 Å². The fourth-order valence-corrected chi connectivity index (χ4v) is 3.99. The summed E-state index contributed by atoms with van der Waals surface area (Å²) < 4.78 is 0. The van der Waals surface area contributed by atoms with Gasteiger partial charge in [-0.3, -0.25) is 4.79 Å². The molecule has 0 radical (unpaired) electrons. The SMILES string of the molecule is C[C@@H]1[C@H](C)CCC[C@@H]1NC(=O)CSc1ccc2ccccc2n1. The quantitative estimate of drug-likeness (QED) is 0.852. The molecule has 1 aromatic carbocycles. The van der Waals surface area contributed by atoms with Crippen LogP contribution in [0, 0.1) is 11.8 Å². The molecule has 0 saturated heterocycles. The van der Waals surface area contributed by atoms with Gasteiger partial charge in [-0.05, 0) is 30.4 Å². The lowest BCUT2D eigenvalue weighted by atomic mass is 9.78. The summed E-state index contributed by atoms with van der Waals surface area (Å²) in [5.41, 5.74) is 0.979. The van der Waals surface area contributed by atoms with Crippen molar-refractivity contribution < 1.29 is 4.79 Å². The molecular weight excluding hydrogens is 304 g/mol. The van der Waals surface area contributed by atoms with Gasteiger partial charge in [0.15, 0.2) is 0 Å². The Labute approximate surface area is 142 Å². The molecule has 1 N–H and O–H groups in total. The van der Waals surface area contributed by atoms with Crippen LogP contribution in [0.5, 0.6) is 0 Å². The van der Waals surface area contributed by atoms with Gasteiger partial charge < -0.3 is 5.32 Å². The number of benzene rings is 1. The van der Waals surface area contributed by atoms with E-state index in [4.69, 9.17) is 0 Å². The predicted octanol–water partition coefficient (Wildman–Crippen LogP) is 4.27. The van der Waals surface area contributed by atoms with Gasteiger partial charge in [0.05, 0.1) is 16.3 Å². The summed E-state index contributed by atoms with van der Waals surface area (Å²) in [6.45, 7) is 4.55. The number of hydrogen-bond donors (Lipinski definition) is 1. The molecule has 1 fully saturated rings. The predicted molar refractivity (Wildman–Crippen MR) is 96.6 cm³/mol. The van der Waals surface area contributed by atoms with Crippen LogP contribution >= 0.6 is 11.8 Å². The Balaban J connectivity index is 1.55. The standard InChI is InChI=1S/C19H24N2OS/c1-13-6-5-9-16(14(13)2)20-18(22)12-23-19-11-10-15-7-3-4-8-17(15)21-19/h3-4,7-8,10-11,13-14,16H,5-6,9,12H2,1-2H3,(H,20,22)/t13-,14-,16+/m1/s1. The topological polar surface area (TPSA) is 42.0 Å². The highest BCUT2D eigenvalue weighted by molar-refractivity contribution is 7.99. The van der Waals surface area contributed by atoms with Gasteiger partial charge >= 0.3 is 0 Å². The molecule has 1 aromatic heterocycles. The van der Waals surface area contributed by atoms with E-state index in [1.807, 2.05) is 24.3 Å². The van der Waals surface area contributed by atoms with Gasteiger partial charge in [0, 0.05) is 11.4 Å². The smallest absolute Gasteiger partial charge is 0.230 e. The van der Waals surface area contributed by atoms with Crippen LogP contribution in [0.4, 0.5) is 0 Å². The minimum Gasteiger partial charge on any atom is -0.352 e. The third-order valence-corrected chi connectivity index (χ3v) is 5.91. The third kappa shape index (κ3) is 4.05. The number of rotatable bonds is 4. The van der Waals surface area contributed by atoms with Gasteiger partial charge in [0.2, 0.25) is 5.91 Å². The Morgan fingerprint density at radius 3 is 2.91 bits per heavy atom. The molecule has 0 aliphatic heterocycles. The zero-order valence-corrected chi connectivity index (χ0v) is 14.6. The maximum absolute atomic E-state index is 12.2. The number of fused-ring (bicyclic) bond motifs is 1. The number of pyridine rings is 1. The highest BCUT2D eigenvalue weighted by atomic mass is 32.2. The lowest BCUT2D eigenvalue weighted by Crippen LogP contribution is -2.44. The fraction of sp³-hybridized carbons (Fsp3) is 0.474. The first kappa shape index (κ1) is 16.3. The second-order valence-electron chi connectivity index (χ2n) is 6.57. The number of carbonyl (C=O) groups is 1. The molecule has 122 valence electrons. The summed E-state index contributed by atoms with van der Waals surface area (Å²) in [5, 5.41) is 5.26. The highest BCUT2D eigenvalue weighted by Crippen LogP contribution is 2.29. The molecule has 0 bridgehead atoms. The molecule has 1 aliphatic carbocycles. The van der Waals surface area contributed by atoms with E-state index in [1.165, 1.54) is 24.6 Å². The molecule has 3 rings (SSSR count). The lowest BCUT2D eigenvalue weighted by molar-refractivity contribution is -0.119. The van der Waals surface area contributed by atoms with Crippen LogP contribution in [-0.4, -0.2) is 22.7 Å². The molecule has 1 aliphatic rings. The molecule has 1 saturated carbocycles. The molecule has 3 atom stereocenters. The number of para-hydroxylation sites is 1. The van der Waals surface area contributed by atoms with Crippen molar-refractivity contribution in [1.29, 1.82) is 0 Å². The lowest BCUT2D eigenvalue weighted by Gasteiger charge is -2.34. The summed E-state index contributed by atoms with van der Waals surface area (Å²) in [6.07, 6.45) is 3.61. The van der Waals surface area contributed by atoms with E-state index in [0.29, 0.717) is 23.6 Å². The average Bonchev–Trinajstić information content (AvgIpc) is 2.57. The van der Waals surface area contributed by atoms with E-state index in [-0.39, 0.29) is 5.91 Å². The van der Waals surface area contributed by atoms with Crippen molar-refractivity contribution in [3.05, 3.63) is 36.4 Å². The zero-order valence-electron chi connectivity index (χ0n) is 13.8. The van der Waals surface area contributed by atoms with Gasteiger partial charge in [-0.2, -0.15) is 0 Å². The monoisotopic (exact) mass is 328 g/mol. The summed E-state index contributed by atoms with van der Waals surface area (Å²) in [7, 11) is 0. The molecule has 0 unspecified atom stereocenters. The van der Waals surface area contributed by atoms with Gasteiger partial charge in [0.25, 0.3) is 0 Å². The number of carbonyl (C=O) groups excluding carboxylic acids is 1. The van der Waals surface area contributed by atoms with Crippen molar-refractivity contribution in [3.8, 4) is 0 Å². The van der Waals surface area contributed by atoms with Crippen LogP contribution in [0.2, 0.25) is 0 Å². The first-order valence-electron chi connectivity index (χ1n) is 8.41. The van der Waals surface area contributed by atoms with E-state index >= 15 is 0 Å². The second-order valence-corrected chi connectivity index (χ2v) is 7.57. The van der Waals surface area contributed by atoms with Gasteiger partial charge in [-0.15, -0.1) is 0 Å². The van der Waals surface area contributed by atoms with Crippen LogP contribution < -0.4 is 5.32 Å². The van der Waals surface area contributed by atoms with Crippen LogP contribution in [0.3, 0.4) is 0 Å². The van der Waals surface area contributed by atoms with E-state index in [2.05, 4.69) is 36.3 Å². The number of hydrogen-bond acceptors (Lipinski definition) is 3. The first-order chi connectivity index (χ1) is 11.1. The van der Waals surface area contributed by atoms with Crippen LogP contribution in [-0.2, 0) is 4.79 Å². The summed E-state index contributed by atoms with van der Waals surface area (Å²) >= 11 is 1.51. The first-order valence-corrected chi connectivity index (χ1v) is 9.40. The fourth-order valence-electron chi connectivity index (χ4n) is 3.30. The number of nitrogens with one attached hydrogen (secondary N) is 1. The van der Waals surface area contributed by atoms with Crippen LogP contribution in [0.1, 0.15) is 33.1 Å². The van der Waals surface area contributed by atoms with E-state index in [0.717, 1.165) is 22.3 Å². The zero-order chi connectivity index (χ0) is 16.2.